The minimum Gasteiger partial charge on any atom is -0.550 e. The van der Waals surface area contributed by atoms with Crippen LogP contribution in [0.25, 0.3) is 0 Å². The van der Waals surface area contributed by atoms with Crippen LogP contribution >= 0.6 is 0 Å². The Bertz CT molecular complexity index is 164. The second-order valence-electron chi connectivity index (χ2n) is 3.57. The van der Waals surface area contributed by atoms with Crippen LogP contribution in [0, 0.1) is 0 Å². The average Bonchev–Trinajstić information content (AvgIpc) is 2.03. The van der Waals surface area contributed by atoms with E-state index < -0.39 is 5.97 Å². The third kappa shape index (κ3) is 2.79. The molecular formula is C8H16N2O2. The van der Waals surface area contributed by atoms with Crippen molar-refractivity contribution in [2.45, 2.75) is 25.7 Å². The lowest BCUT2D eigenvalue weighted by Gasteiger charge is -2.36. The molecule has 4 heteroatoms. The number of hydrogen-bond acceptors (Lipinski definition) is 3. The molecule has 12 heavy (non-hydrogen) atoms. The third-order valence-electron chi connectivity index (χ3n) is 2.47. The van der Waals surface area contributed by atoms with Gasteiger partial charge in [0.25, 0.3) is 0 Å². The summed E-state index contributed by atoms with van der Waals surface area (Å²) in [7, 11) is 0. The molecule has 70 valence electrons. The first-order valence-electron chi connectivity index (χ1n) is 4.47. The van der Waals surface area contributed by atoms with Gasteiger partial charge in [0.05, 0.1) is 13.1 Å². The first kappa shape index (κ1) is 9.48. The Morgan fingerprint density at radius 2 is 1.92 bits per heavy atom. The SMILES string of the molecule is N[N+]1(CCC(=O)[O-])CCCCC1. The lowest BCUT2D eigenvalue weighted by Crippen LogP contribution is -2.58. The number of hydrogen-bond donors (Lipinski definition) is 1. The molecule has 1 heterocycles. The number of carbonyl (C=O) groups excluding carboxylic acids is 1. The van der Waals surface area contributed by atoms with Gasteiger partial charge in [0.15, 0.2) is 0 Å². The molecule has 0 amide bonds. The van der Waals surface area contributed by atoms with Crippen molar-refractivity contribution in [3.63, 3.8) is 0 Å². The summed E-state index contributed by atoms with van der Waals surface area (Å²) >= 11 is 0. The van der Waals surface area contributed by atoms with E-state index in [-0.39, 0.29) is 6.42 Å². The fourth-order valence-electron chi connectivity index (χ4n) is 1.68. The molecule has 0 atom stereocenters. The number of rotatable bonds is 3. The molecule has 0 aromatic rings. The summed E-state index contributed by atoms with van der Waals surface area (Å²) in [6.07, 6.45) is 3.53. The van der Waals surface area contributed by atoms with Crippen molar-refractivity contribution >= 4 is 5.97 Å². The molecule has 0 saturated carbocycles. The largest absolute Gasteiger partial charge is 0.550 e. The fraction of sp³-hybridized carbons (Fsp3) is 0.875. The number of carbonyl (C=O) groups is 1. The first-order valence-corrected chi connectivity index (χ1v) is 4.47. The second kappa shape index (κ2) is 3.87. The van der Waals surface area contributed by atoms with Crippen molar-refractivity contribution in [2.24, 2.45) is 5.84 Å². The normalized spacial score (nSPS) is 22.1. The molecule has 1 rings (SSSR count). The van der Waals surface area contributed by atoms with Crippen LogP contribution < -0.4 is 10.9 Å². The zero-order valence-electron chi connectivity index (χ0n) is 7.29. The summed E-state index contributed by atoms with van der Waals surface area (Å²) < 4.78 is 0.425. The Morgan fingerprint density at radius 3 is 2.42 bits per heavy atom. The van der Waals surface area contributed by atoms with Crippen molar-refractivity contribution in [1.82, 2.24) is 0 Å². The number of nitrogens with zero attached hydrogens (tertiary/aromatic N) is 1. The van der Waals surface area contributed by atoms with Gasteiger partial charge in [0.2, 0.25) is 0 Å². The maximum absolute atomic E-state index is 10.2. The third-order valence-corrected chi connectivity index (χ3v) is 2.47. The van der Waals surface area contributed by atoms with Crippen LogP contribution in [0.3, 0.4) is 0 Å². The van der Waals surface area contributed by atoms with Gasteiger partial charge in [-0.25, -0.2) is 4.59 Å². The number of carboxylic acids is 1. The van der Waals surface area contributed by atoms with Crippen molar-refractivity contribution in [1.29, 1.82) is 0 Å². The van der Waals surface area contributed by atoms with Crippen molar-refractivity contribution in [3.8, 4) is 0 Å². The second-order valence-corrected chi connectivity index (χ2v) is 3.57. The summed E-state index contributed by atoms with van der Waals surface area (Å²) in [5, 5.41) is 10.2. The number of nitrogens with two attached hydrogens (primary N) is 1. The highest BCUT2D eigenvalue weighted by molar-refractivity contribution is 5.64. The zero-order valence-corrected chi connectivity index (χ0v) is 7.29. The van der Waals surface area contributed by atoms with Crippen LogP contribution in [0.15, 0.2) is 0 Å². The fourth-order valence-corrected chi connectivity index (χ4v) is 1.68. The quantitative estimate of drug-likeness (QED) is 0.438. The van der Waals surface area contributed by atoms with E-state index in [1.807, 2.05) is 0 Å². The Morgan fingerprint density at radius 1 is 1.33 bits per heavy atom. The summed E-state index contributed by atoms with van der Waals surface area (Å²) in [4.78, 5) is 10.2. The smallest absolute Gasteiger partial charge is 0.101 e. The standard InChI is InChI=1S/C8H16N2O2/c9-10(7-4-8(11)12)5-2-1-3-6-10/h1-7,9H2. The van der Waals surface area contributed by atoms with Gasteiger partial charge in [-0.05, 0) is 19.3 Å². The van der Waals surface area contributed by atoms with Crippen LogP contribution in [-0.4, -0.2) is 30.2 Å². The Hall–Kier alpha value is -0.610. The van der Waals surface area contributed by atoms with E-state index in [1.54, 1.807) is 0 Å². The van der Waals surface area contributed by atoms with Crippen LogP contribution in [0.4, 0.5) is 0 Å². The molecule has 0 unspecified atom stereocenters. The van der Waals surface area contributed by atoms with Crippen LogP contribution in [0.1, 0.15) is 25.7 Å². The van der Waals surface area contributed by atoms with Gasteiger partial charge in [0.1, 0.15) is 6.54 Å². The van der Waals surface area contributed by atoms with Gasteiger partial charge in [-0.2, -0.15) is 5.84 Å². The number of piperidine rings is 1. The minimum atomic E-state index is -0.997. The summed E-state index contributed by atoms with van der Waals surface area (Å²) in [5.41, 5.74) is 0. The monoisotopic (exact) mass is 172 g/mol. The van der Waals surface area contributed by atoms with Gasteiger partial charge in [-0.1, -0.05) is 0 Å². The van der Waals surface area contributed by atoms with Gasteiger partial charge in [0, 0.05) is 12.4 Å². The first-order chi connectivity index (χ1) is 5.62. The predicted molar refractivity (Wildman–Crippen MR) is 42.5 cm³/mol. The maximum Gasteiger partial charge on any atom is 0.101 e. The van der Waals surface area contributed by atoms with E-state index >= 15 is 0 Å². The summed E-state index contributed by atoms with van der Waals surface area (Å²) in [5.74, 6) is 4.96. The van der Waals surface area contributed by atoms with Crippen LogP contribution in [0.5, 0.6) is 0 Å². The molecule has 1 saturated heterocycles. The maximum atomic E-state index is 10.2. The van der Waals surface area contributed by atoms with Gasteiger partial charge in [-0.15, -0.1) is 0 Å². The molecule has 2 N–H and O–H groups in total. The molecule has 1 aliphatic rings. The number of likely N-dealkylation sites (tertiary alicyclic amines) is 1. The van der Waals surface area contributed by atoms with Crippen molar-refractivity contribution < 1.29 is 14.5 Å². The molecule has 0 aliphatic carbocycles. The number of quaternary nitrogens is 1. The van der Waals surface area contributed by atoms with E-state index in [0.29, 0.717) is 11.1 Å². The van der Waals surface area contributed by atoms with E-state index in [9.17, 15) is 9.90 Å². The highest BCUT2D eigenvalue weighted by atomic mass is 16.4. The molecular weight excluding hydrogens is 156 g/mol. The van der Waals surface area contributed by atoms with Crippen molar-refractivity contribution in [3.05, 3.63) is 0 Å². The molecule has 0 bridgehead atoms. The van der Waals surface area contributed by atoms with E-state index in [2.05, 4.69) is 0 Å². The van der Waals surface area contributed by atoms with E-state index in [1.165, 1.54) is 6.42 Å². The molecule has 0 radical (unpaired) electrons. The zero-order chi connectivity index (χ0) is 9.03. The molecule has 1 aliphatic heterocycles. The highest BCUT2D eigenvalue weighted by Crippen LogP contribution is 2.13. The molecule has 0 aromatic carbocycles. The lowest BCUT2D eigenvalue weighted by atomic mass is 10.1. The average molecular weight is 172 g/mol. The van der Waals surface area contributed by atoms with Gasteiger partial charge < -0.3 is 9.90 Å². The topological polar surface area (TPSA) is 66.2 Å². The minimum absolute atomic E-state index is 0.0799. The Kier molecular flexibility index (Phi) is 3.05. The van der Waals surface area contributed by atoms with E-state index in [4.69, 9.17) is 5.84 Å². The van der Waals surface area contributed by atoms with Gasteiger partial charge in [-0.3, -0.25) is 0 Å². The van der Waals surface area contributed by atoms with E-state index in [0.717, 1.165) is 25.9 Å². The van der Waals surface area contributed by atoms with Crippen LogP contribution in [-0.2, 0) is 4.79 Å². The molecule has 4 nitrogen and oxygen atoms in total. The Balaban J connectivity index is 2.31. The summed E-state index contributed by atoms with van der Waals surface area (Å²) in [6.45, 7) is 2.34. The molecule has 1 fully saturated rings. The number of aliphatic carboxylic acids is 1. The van der Waals surface area contributed by atoms with Crippen molar-refractivity contribution in [2.75, 3.05) is 19.6 Å². The lowest BCUT2D eigenvalue weighted by molar-refractivity contribution is -0.943. The van der Waals surface area contributed by atoms with Crippen LogP contribution in [0.2, 0.25) is 0 Å². The molecule has 0 aromatic heterocycles. The van der Waals surface area contributed by atoms with Gasteiger partial charge >= 0.3 is 0 Å². The predicted octanol–water partition coefficient (Wildman–Crippen LogP) is -0.999. The summed E-state index contributed by atoms with van der Waals surface area (Å²) in [6, 6.07) is 0. The highest BCUT2D eigenvalue weighted by Gasteiger charge is 2.25. The molecule has 0 spiro atoms. The Labute approximate surface area is 72.5 Å². The number of carboxylic acid groups (broad SMARTS) is 1.